The fraction of sp³-hybridized carbons (Fsp3) is 0.300. The highest BCUT2D eigenvalue weighted by molar-refractivity contribution is 7.13. The van der Waals surface area contributed by atoms with Crippen LogP contribution in [0.15, 0.2) is 57.5 Å². The number of phenols is 1. The number of oxazole rings is 1. The Bertz CT molecular complexity index is 930. The van der Waals surface area contributed by atoms with Crippen molar-refractivity contribution in [3.63, 3.8) is 0 Å². The zero-order chi connectivity index (χ0) is 19.3. The van der Waals surface area contributed by atoms with Crippen molar-refractivity contribution in [1.82, 2.24) is 15.2 Å². The van der Waals surface area contributed by atoms with E-state index in [1.165, 1.54) is 0 Å². The van der Waals surface area contributed by atoms with Gasteiger partial charge < -0.3 is 24.6 Å². The topological polar surface area (TPSA) is 77.1 Å². The zero-order valence-electron chi connectivity index (χ0n) is 15.7. The Labute approximate surface area is 168 Å². The van der Waals surface area contributed by atoms with Crippen molar-refractivity contribution in [2.45, 2.75) is 6.54 Å². The summed E-state index contributed by atoms with van der Waals surface area (Å²) < 4.78 is 5.57. The number of nitrogens with zero attached hydrogens (tertiary/aromatic N) is 4. The van der Waals surface area contributed by atoms with E-state index in [-0.39, 0.29) is 0 Å². The maximum Gasteiger partial charge on any atom is 0.236 e. The van der Waals surface area contributed by atoms with Crippen LogP contribution in [-0.4, -0.2) is 54.2 Å². The summed E-state index contributed by atoms with van der Waals surface area (Å²) in [4.78, 5) is 14.4. The first kappa shape index (κ1) is 18.4. The number of hydrogen-bond acceptors (Lipinski definition) is 6. The molecule has 0 saturated carbocycles. The third-order valence-corrected chi connectivity index (χ3v) is 5.58. The van der Waals surface area contributed by atoms with Gasteiger partial charge in [0.1, 0.15) is 12.0 Å². The minimum Gasteiger partial charge on any atom is -0.506 e. The summed E-state index contributed by atoms with van der Waals surface area (Å²) >= 11 is 1.61. The molecular formula is C20H23N5O2S. The Balaban J connectivity index is 1.32. The molecule has 1 aliphatic heterocycles. The summed E-state index contributed by atoms with van der Waals surface area (Å²) in [5.74, 6) is 1.82. The van der Waals surface area contributed by atoms with Gasteiger partial charge >= 0.3 is 0 Å². The molecule has 28 heavy (non-hydrogen) atoms. The number of para-hydroxylation sites is 2. The fourth-order valence-electron chi connectivity index (χ4n) is 3.29. The number of aliphatic imine (C=N–C) groups is 1. The smallest absolute Gasteiger partial charge is 0.236 e. The molecule has 0 bridgehead atoms. The molecule has 1 aliphatic rings. The maximum atomic E-state index is 10.1. The molecule has 0 atom stereocenters. The van der Waals surface area contributed by atoms with Gasteiger partial charge in [-0.3, -0.25) is 4.99 Å². The number of hydrogen-bond donors (Lipinski definition) is 2. The van der Waals surface area contributed by atoms with Gasteiger partial charge in [0.05, 0.1) is 22.8 Å². The Morgan fingerprint density at radius 1 is 1.21 bits per heavy atom. The Kier molecular flexibility index (Phi) is 5.48. The summed E-state index contributed by atoms with van der Waals surface area (Å²) in [7, 11) is 1.79. The standard InChI is InChI=1S/C20H23N5O2S/c1-21-20(22-13-15-14-27-19(23-15)18-7-4-12-28-18)25-10-8-24(9-11-25)16-5-2-3-6-17(16)26/h2-7,12,14,26H,8-11,13H2,1H3,(H,21,22). The second kappa shape index (κ2) is 8.35. The van der Waals surface area contributed by atoms with Crippen LogP contribution in [0.5, 0.6) is 5.75 Å². The maximum absolute atomic E-state index is 10.1. The molecule has 0 aliphatic carbocycles. The van der Waals surface area contributed by atoms with Crippen LogP contribution < -0.4 is 10.2 Å². The van der Waals surface area contributed by atoms with E-state index in [2.05, 4.69) is 25.1 Å². The first-order chi connectivity index (χ1) is 13.7. The first-order valence-electron chi connectivity index (χ1n) is 9.21. The number of guanidine groups is 1. The van der Waals surface area contributed by atoms with Crippen LogP contribution in [-0.2, 0) is 6.54 Å². The van der Waals surface area contributed by atoms with Crippen LogP contribution in [0.3, 0.4) is 0 Å². The van der Waals surface area contributed by atoms with E-state index in [1.54, 1.807) is 30.7 Å². The van der Waals surface area contributed by atoms with Gasteiger partial charge in [-0.2, -0.15) is 0 Å². The third-order valence-electron chi connectivity index (χ3n) is 4.72. The number of piperazine rings is 1. The molecule has 8 heteroatoms. The summed E-state index contributed by atoms with van der Waals surface area (Å²) in [5, 5.41) is 15.4. The van der Waals surface area contributed by atoms with Crippen molar-refractivity contribution in [1.29, 1.82) is 0 Å². The van der Waals surface area contributed by atoms with Crippen LogP contribution in [0.1, 0.15) is 5.69 Å². The second-order valence-corrected chi connectivity index (χ2v) is 7.43. The van der Waals surface area contributed by atoms with Crippen LogP contribution >= 0.6 is 11.3 Å². The number of rotatable bonds is 4. The van der Waals surface area contributed by atoms with Crippen molar-refractivity contribution < 1.29 is 9.52 Å². The summed E-state index contributed by atoms with van der Waals surface area (Å²) in [5.41, 5.74) is 1.73. The van der Waals surface area contributed by atoms with Crippen molar-refractivity contribution in [2.75, 3.05) is 38.1 Å². The third kappa shape index (κ3) is 3.96. The monoisotopic (exact) mass is 397 g/mol. The summed E-state index contributed by atoms with van der Waals surface area (Å²) in [6.07, 6.45) is 1.69. The predicted octanol–water partition coefficient (Wildman–Crippen LogP) is 3.01. The van der Waals surface area contributed by atoms with Crippen LogP contribution in [0.25, 0.3) is 10.8 Å². The molecule has 1 fully saturated rings. The molecular weight excluding hydrogens is 374 g/mol. The van der Waals surface area contributed by atoms with Gasteiger partial charge in [0.25, 0.3) is 0 Å². The average molecular weight is 398 g/mol. The highest BCUT2D eigenvalue weighted by Gasteiger charge is 2.21. The molecule has 1 saturated heterocycles. The van der Waals surface area contributed by atoms with Crippen molar-refractivity contribution in [3.05, 3.63) is 53.7 Å². The molecule has 3 aromatic rings. The minimum atomic E-state index is 0.325. The highest BCUT2D eigenvalue weighted by atomic mass is 32.1. The lowest BCUT2D eigenvalue weighted by Crippen LogP contribution is -2.52. The van der Waals surface area contributed by atoms with E-state index in [0.717, 1.165) is 48.4 Å². The molecule has 0 amide bonds. The van der Waals surface area contributed by atoms with Gasteiger partial charge in [0.15, 0.2) is 5.96 Å². The van der Waals surface area contributed by atoms with E-state index >= 15 is 0 Å². The van der Waals surface area contributed by atoms with Gasteiger partial charge in [0, 0.05) is 33.2 Å². The molecule has 0 unspecified atom stereocenters. The van der Waals surface area contributed by atoms with Crippen LogP contribution in [0.2, 0.25) is 0 Å². The molecule has 2 aromatic heterocycles. The normalized spacial score (nSPS) is 15.1. The number of phenolic OH excluding ortho intramolecular Hbond substituents is 1. The van der Waals surface area contributed by atoms with Crippen molar-refractivity contribution >= 4 is 23.0 Å². The lowest BCUT2D eigenvalue weighted by Gasteiger charge is -2.37. The number of thiophene rings is 1. The van der Waals surface area contributed by atoms with Gasteiger partial charge in [-0.1, -0.05) is 18.2 Å². The van der Waals surface area contributed by atoms with Crippen LogP contribution in [0, 0.1) is 0 Å². The van der Waals surface area contributed by atoms with Crippen molar-refractivity contribution in [3.8, 4) is 16.5 Å². The van der Waals surface area contributed by atoms with E-state index in [4.69, 9.17) is 4.42 Å². The van der Waals surface area contributed by atoms with E-state index in [9.17, 15) is 5.11 Å². The van der Waals surface area contributed by atoms with E-state index in [0.29, 0.717) is 18.2 Å². The largest absolute Gasteiger partial charge is 0.506 e. The van der Waals surface area contributed by atoms with Gasteiger partial charge in [-0.15, -0.1) is 11.3 Å². The van der Waals surface area contributed by atoms with Crippen LogP contribution in [0.4, 0.5) is 5.69 Å². The Morgan fingerprint density at radius 3 is 2.75 bits per heavy atom. The first-order valence-corrected chi connectivity index (χ1v) is 10.1. The van der Waals surface area contributed by atoms with Gasteiger partial charge in [0.2, 0.25) is 5.89 Å². The number of aromatic nitrogens is 1. The van der Waals surface area contributed by atoms with Crippen molar-refractivity contribution in [2.24, 2.45) is 4.99 Å². The molecule has 4 rings (SSSR count). The molecule has 2 N–H and O–H groups in total. The average Bonchev–Trinajstić information content (AvgIpc) is 3.41. The number of benzene rings is 1. The molecule has 7 nitrogen and oxygen atoms in total. The fourth-order valence-corrected chi connectivity index (χ4v) is 3.95. The Morgan fingerprint density at radius 2 is 2.04 bits per heavy atom. The zero-order valence-corrected chi connectivity index (χ0v) is 16.5. The quantitative estimate of drug-likeness (QED) is 0.521. The molecule has 0 radical (unpaired) electrons. The number of nitrogens with one attached hydrogen (secondary N) is 1. The predicted molar refractivity (Wildman–Crippen MR) is 112 cm³/mol. The Hall–Kier alpha value is -3.00. The second-order valence-electron chi connectivity index (χ2n) is 6.48. The molecule has 3 heterocycles. The SMILES string of the molecule is CN=C(NCc1coc(-c2cccs2)n1)N1CCN(c2ccccc2O)CC1. The molecule has 0 spiro atoms. The summed E-state index contributed by atoms with van der Waals surface area (Å²) in [6, 6.07) is 11.5. The summed E-state index contributed by atoms with van der Waals surface area (Å²) in [6.45, 7) is 3.86. The molecule has 146 valence electrons. The van der Waals surface area contributed by atoms with Gasteiger partial charge in [-0.05, 0) is 23.6 Å². The molecule has 1 aromatic carbocycles. The van der Waals surface area contributed by atoms with E-state index in [1.807, 2.05) is 35.7 Å². The number of aromatic hydroxyl groups is 1. The van der Waals surface area contributed by atoms with Gasteiger partial charge in [-0.25, -0.2) is 4.98 Å². The lowest BCUT2D eigenvalue weighted by atomic mass is 10.2. The van der Waals surface area contributed by atoms with E-state index < -0.39 is 0 Å². The highest BCUT2D eigenvalue weighted by Crippen LogP contribution is 2.27. The lowest BCUT2D eigenvalue weighted by molar-refractivity contribution is 0.369. The number of anilines is 1. The minimum absolute atomic E-state index is 0.325.